The van der Waals surface area contributed by atoms with Gasteiger partial charge in [-0.15, -0.1) is 11.6 Å². The quantitative estimate of drug-likeness (QED) is 0.110. The molecule has 19 heteroatoms. The lowest BCUT2D eigenvalue weighted by Crippen LogP contribution is -2.68. The summed E-state index contributed by atoms with van der Waals surface area (Å²) in [6, 6.07) is 29.2. The number of aryl methyl sites for hydroxylation is 1. The number of hydrogen-bond donors (Lipinski definition) is 0. The Morgan fingerprint density at radius 3 is 1.60 bits per heavy atom. The topological polar surface area (TPSA) is 165 Å². The number of methoxy groups -OCH3 is 2. The summed E-state index contributed by atoms with van der Waals surface area (Å²) in [5.41, 5.74) is -0.217. The van der Waals surface area contributed by atoms with Crippen molar-refractivity contribution in [3.05, 3.63) is 129 Å². The van der Waals surface area contributed by atoms with Gasteiger partial charge in [0.1, 0.15) is 46.2 Å². The number of piperazine rings is 1. The zero-order valence-corrected chi connectivity index (χ0v) is 48.4. The lowest BCUT2D eigenvalue weighted by Gasteiger charge is -2.47. The fraction of sp³-hybridized carbons (Fsp3) is 0.492. The highest BCUT2D eigenvalue weighted by Crippen LogP contribution is 2.38. The van der Waals surface area contributed by atoms with Gasteiger partial charge in [-0.1, -0.05) is 71.7 Å². The summed E-state index contributed by atoms with van der Waals surface area (Å²) >= 11 is 18.1. The molecule has 4 heterocycles. The van der Waals surface area contributed by atoms with Crippen molar-refractivity contribution in [2.45, 2.75) is 122 Å². The Kier molecular flexibility index (Phi) is 21.3. The normalized spacial score (nSPS) is 19.2. The van der Waals surface area contributed by atoms with Crippen LogP contribution in [0.4, 0.5) is 9.59 Å². The van der Waals surface area contributed by atoms with Crippen molar-refractivity contribution in [3.8, 4) is 11.5 Å². The van der Waals surface area contributed by atoms with Crippen LogP contribution in [0.15, 0.2) is 97.1 Å². The molecule has 4 aromatic rings. The molecule has 4 aliphatic heterocycles. The van der Waals surface area contributed by atoms with E-state index in [2.05, 4.69) is 0 Å². The van der Waals surface area contributed by atoms with Gasteiger partial charge in [-0.2, -0.15) is 0 Å². The third-order valence-electron chi connectivity index (χ3n) is 13.7. The molecular weight excluding hydrogens is 1060 g/mol. The van der Waals surface area contributed by atoms with Crippen LogP contribution in [0, 0.1) is 0 Å². The summed E-state index contributed by atoms with van der Waals surface area (Å²) in [7, 11) is 3.19. The molecule has 1 spiro atoms. The summed E-state index contributed by atoms with van der Waals surface area (Å²) in [6.07, 6.45) is 2.87. The second kappa shape index (κ2) is 27.2. The van der Waals surface area contributed by atoms with Crippen molar-refractivity contribution in [2.24, 2.45) is 0 Å². The maximum Gasteiger partial charge on any atom is 0.410 e. The van der Waals surface area contributed by atoms with E-state index in [-0.39, 0.29) is 81.6 Å². The van der Waals surface area contributed by atoms with Gasteiger partial charge in [-0.25, -0.2) is 9.59 Å². The Morgan fingerprint density at radius 2 is 1.12 bits per heavy atom. The number of halogens is 3. The van der Waals surface area contributed by atoms with E-state index < -0.39 is 34.5 Å². The van der Waals surface area contributed by atoms with Gasteiger partial charge in [0, 0.05) is 62.4 Å². The molecule has 422 valence electrons. The van der Waals surface area contributed by atoms with Gasteiger partial charge >= 0.3 is 12.2 Å². The summed E-state index contributed by atoms with van der Waals surface area (Å²) in [5.74, 6) is 0.337. The molecule has 5 amide bonds. The molecule has 4 saturated heterocycles. The second-order valence-electron chi connectivity index (χ2n) is 21.8. The van der Waals surface area contributed by atoms with E-state index in [4.69, 9.17) is 58.5 Å². The van der Waals surface area contributed by atoms with Gasteiger partial charge in [0.15, 0.2) is 5.78 Å². The predicted molar refractivity (Wildman–Crippen MR) is 300 cm³/mol. The van der Waals surface area contributed by atoms with Gasteiger partial charge in [-0.05, 0) is 144 Å². The zero-order valence-electron chi connectivity index (χ0n) is 46.1. The van der Waals surface area contributed by atoms with Crippen molar-refractivity contribution in [1.82, 2.24) is 24.5 Å². The molecule has 2 atom stereocenters. The smallest absolute Gasteiger partial charge is 0.410 e. The van der Waals surface area contributed by atoms with Crippen molar-refractivity contribution in [3.63, 3.8) is 0 Å². The molecule has 0 aliphatic carbocycles. The maximum atomic E-state index is 14.0. The van der Waals surface area contributed by atoms with Gasteiger partial charge in [0.2, 0.25) is 11.8 Å². The van der Waals surface area contributed by atoms with Crippen LogP contribution in [0.25, 0.3) is 0 Å². The number of alkyl halides is 1. The van der Waals surface area contributed by atoms with Gasteiger partial charge in [0.05, 0.1) is 27.3 Å². The fourth-order valence-corrected chi connectivity index (χ4v) is 10.1. The Balaban J connectivity index is 0.000000231. The average Bonchev–Trinajstić information content (AvgIpc) is 4.27. The average molecular weight is 1140 g/mol. The van der Waals surface area contributed by atoms with Crippen LogP contribution < -0.4 is 9.47 Å². The van der Waals surface area contributed by atoms with E-state index in [1.54, 1.807) is 89.8 Å². The number of carbonyl (C=O) groups is 6. The third-order valence-corrected chi connectivity index (χ3v) is 14.5. The van der Waals surface area contributed by atoms with E-state index in [9.17, 15) is 28.8 Å². The molecule has 4 fully saturated rings. The number of ketones is 1. The molecule has 2 unspecified atom stereocenters. The van der Waals surface area contributed by atoms with Crippen molar-refractivity contribution in [1.29, 1.82) is 0 Å². The third kappa shape index (κ3) is 16.5. The van der Waals surface area contributed by atoms with Gasteiger partial charge in [0.25, 0.3) is 5.91 Å². The maximum absolute atomic E-state index is 14.0. The molecular formula is C59H74Cl3N5O11. The minimum Gasteiger partial charge on any atom is -0.497 e. The van der Waals surface area contributed by atoms with Crippen LogP contribution in [-0.4, -0.2) is 149 Å². The van der Waals surface area contributed by atoms with Crippen molar-refractivity contribution in [2.75, 3.05) is 66.0 Å². The molecule has 0 saturated carbocycles. The highest BCUT2D eigenvalue weighted by Gasteiger charge is 2.57. The molecule has 0 N–H and O–H groups in total. The monoisotopic (exact) mass is 1130 g/mol. The van der Waals surface area contributed by atoms with Crippen LogP contribution in [0.2, 0.25) is 10.0 Å². The lowest BCUT2D eigenvalue weighted by molar-refractivity contribution is -0.165. The number of nitrogens with zero attached hydrogens (tertiary/aromatic N) is 5. The van der Waals surface area contributed by atoms with Crippen LogP contribution in [0.5, 0.6) is 11.5 Å². The highest BCUT2D eigenvalue weighted by molar-refractivity contribution is 6.31. The summed E-state index contributed by atoms with van der Waals surface area (Å²) < 4.78 is 26.5. The van der Waals surface area contributed by atoms with E-state index in [0.29, 0.717) is 41.6 Å². The highest BCUT2D eigenvalue weighted by atomic mass is 35.5. The minimum atomic E-state index is -1.23. The van der Waals surface area contributed by atoms with Gasteiger partial charge in [-0.3, -0.25) is 19.2 Å². The largest absolute Gasteiger partial charge is 0.497 e. The summed E-state index contributed by atoms with van der Waals surface area (Å²) in [5, 5.41) is 1.17. The van der Waals surface area contributed by atoms with E-state index in [0.717, 1.165) is 41.2 Å². The predicted octanol–water partition coefficient (Wildman–Crippen LogP) is 10.4. The molecule has 8 rings (SSSR count). The van der Waals surface area contributed by atoms with Crippen LogP contribution in [0.1, 0.15) is 95.9 Å². The van der Waals surface area contributed by atoms with Crippen molar-refractivity contribution >= 4 is 70.5 Å². The molecule has 0 radical (unpaired) electrons. The van der Waals surface area contributed by atoms with Crippen molar-refractivity contribution < 1.29 is 52.5 Å². The number of amides is 5. The summed E-state index contributed by atoms with van der Waals surface area (Å²) in [4.78, 5) is 88.3. The lowest BCUT2D eigenvalue weighted by atomic mass is 9.86. The van der Waals surface area contributed by atoms with Crippen LogP contribution in [-0.2, 0) is 59.4 Å². The number of carbonyl (C=O) groups excluding carboxylic acids is 6. The number of rotatable bonds is 14. The molecule has 0 aromatic heterocycles. The number of ether oxygens (including phenoxy) is 5. The Labute approximate surface area is 474 Å². The molecule has 4 aromatic carbocycles. The first-order valence-corrected chi connectivity index (χ1v) is 27.5. The van der Waals surface area contributed by atoms with E-state index >= 15 is 0 Å². The minimum absolute atomic E-state index is 0.0351. The molecule has 16 nitrogen and oxygen atoms in total. The van der Waals surface area contributed by atoms with Gasteiger partial charge < -0.3 is 48.2 Å². The SMILES string of the molecule is C1CCOC1.COc1ccc(CCC(=O)C2(N(Cc3ccc(Cl)cc3)C(=O)CCl)CCN(C(=O)OC(C)(C)C)C2)cc1.COc1ccc(CN2CC(=O)N(Cc3ccc(Cl)cc3)C3(CCN(C(=O)OC(C)(C)C)C3)C2=O)cc1. The van der Waals surface area contributed by atoms with Crippen LogP contribution >= 0.6 is 34.8 Å². The standard InChI is InChI=1S/C28H34Cl2N2O5.C27H32ClN3O5.C4H8O/c1-27(2,3)37-26(35)31-16-15-28(19-31,24(33)14-9-20-7-12-23(36-4)13-8-20)32(25(34)17-29)18-21-5-10-22(30)11-6-21;1-26(2,3)36-25(34)29-14-13-27(18-29)24(33)30(15-19-7-11-22(35-4)12-8-19)17-23(32)31(27)16-20-5-9-21(28)10-6-20;1-2-4-5-3-1/h5-8,10-13H,9,14-19H2,1-4H3;5-12H,13-18H2,1-4H3;1-4H2. The summed E-state index contributed by atoms with van der Waals surface area (Å²) in [6.45, 7) is 14.2. The number of likely N-dealkylation sites (tertiary alicyclic amines) is 2. The first-order valence-electron chi connectivity index (χ1n) is 26.3. The van der Waals surface area contributed by atoms with E-state index in [1.807, 2.05) is 72.8 Å². The molecule has 78 heavy (non-hydrogen) atoms. The van der Waals surface area contributed by atoms with E-state index in [1.165, 1.54) is 27.5 Å². The molecule has 0 bridgehead atoms. The zero-order chi connectivity index (χ0) is 56.8. The Bertz CT molecular complexity index is 2670. The Hall–Kier alpha value is -6.07. The second-order valence-corrected chi connectivity index (χ2v) is 23.0. The first-order chi connectivity index (χ1) is 37.0. The fourth-order valence-electron chi connectivity index (χ4n) is 9.72. The Morgan fingerprint density at radius 1 is 0.641 bits per heavy atom. The number of hydrogen-bond acceptors (Lipinski definition) is 11. The number of benzene rings is 4. The molecule has 4 aliphatic rings. The van der Waals surface area contributed by atoms with Crippen LogP contribution in [0.3, 0.4) is 0 Å². The number of Topliss-reactive ketones (excluding diaryl/α,β-unsaturated/α-hetero) is 1. The first kappa shape index (κ1) is 61.1.